The van der Waals surface area contributed by atoms with Crippen molar-refractivity contribution in [3.63, 3.8) is 0 Å². The lowest BCUT2D eigenvalue weighted by atomic mass is 10.00. The SMILES string of the molecule is Cc1c(Cc2ccc(Br)cc2)c(=O)oc2cc(O)ccc12. The Labute approximate surface area is 130 Å². The molecule has 0 spiro atoms. The van der Waals surface area contributed by atoms with E-state index in [-0.39, 0.29) is 11.4 Å². The van der Waals surface area contributed by atoms with Crippen LogP contribution in [0.2, 0.25) is 0 Å². The first-order valence-corrected chi connectivity index (χ1v) is 7.33. The minimum absolute atomic E-state index is 0.0886. The van der Waals surface area contributed by atoms with Crippen LogP contribution in [0.4, 0.5) is 0 Å². The number of aromatic hydroxyl groups is 1. The van der Waals surface area contributed by atoms with Gasteiger partial charge in [0.25, 0.3) is 0 Å². The van der Waals surface area contributed by atoms with Crippen LogP contribution in [-0.2, 0) is 6.42 Å². The van der Waals surface area contributed by atoms with Crippen molar-refractivity contribution in [1.82, 2.24) is 0 Å². The number of phenols is 1. The standard InChI is InChI=1S/C17H13BrO3/c1-10-14-7-6-13(19)9-16(14)21-17(20)15(10)8-11-2-4-12(18)5-3-11/h2-7,9,19H,8H2,1H3. The van der Waals surface area contributed by atoms with E-state index in [2.05, 4.69) is 15.9 Å². The maximum atomic E-state index is 12.2. The molecule has 0 aliphatic rings. The third-order valence-electron chi connectivity index (χ3n) is 3.57. The molecule has 0 aliphatic heterocycles. The molecule has 0 unspecified atom stereocenters. The van der Waals surface area contributed by atoms with Crippen molar-refractivity contribution in [1.29, 1.82) is 0 Å². The Hall–Kier alpha value is -2.07. The van der Waals surface area contributed by atoms with Crippen molar-refractivity contribution in [3.8, 4) is 5.75 Å². The molecule has 4 heteroatoms. The first-order valence-electron chi connectivity index (χ1n) is 6.54. The maximum absolute atomic E-state index is 12.2. The smallest absolute Gasteiger partial charge is 0.340 e. The normalized spacial score (nSPS) is 11.0. The van der Waals surface area contributed by atoms with Crippen LogP contribution in [0.1, 0.15) is 16.7 Å². The second-order valence-corrected chi connectivity index (χ2v) is 5.89. The minimum Gasteiger partial charge on any atom is -0.508 e. The van der Waals surface area contributed by atoms with Crippen LogP contribution in [0.3, 0.4) is 0 Å². The summed E-state index contributed by atoms with van der Waals surface area (Å²) in [7, 11) is 0. The number of rotatable bonds is 2. The Morgan fingerprint density at radius 3 is 2.57 bits per heavy atom. The van der Waals surface area contributed by atoms with Gasteiger partial charge in [-0.1, -0.05) is 28.1 Å². The molecule has 21 heavy (non-hydrogen) atoms. The van der Waals surface area contributed by atoms with Gasteiger partial charge in [0.1, 0.15) is 11.3 Å². The van der Waals surface area contributed by atoms with Gasteiger partial charge in [0, 0.05) is 27.9 Å². The summed E-state index contributed by atoms with van der Waals surface area (Å²) in [5, 5.41) is 10.3. The highest BCUT2D eigenvalue weighted by Crippen LogP contribution is 2.24. The number of aryl methyl sites for hydroxylation is 1. The molecule has 3 rings (SSSR count). The number of hydrogen-bond acceptors (Lipinski definition) is 3. The summed E-state index contributed by atoms with van der Waals surface area (Å²) in [4.78, 5) is 12.2. The lowest BCUT2D eigenvalue weighted by Gasteiger charge is -2.08. The quantitative estimate of drug-likeness (QED) is 0.710. The zero-order valence-corrected chi connectivity index (χ0v) is 13.0. The van der Waals surface area contributed by atoms with Gasteiger partial charge < -0.3 is 9.52 Å². The summed E-state index contributed by atoms with van der Waals surface area (Å²) in [6, 6.07) is 12.7. The number of phenolic OH excluding ortho intramolecular Hbond substituents is 1. The van der Waals surface area contributed by atoms with Crippen LogP contribution in [0.25, 0.3) is 11.0 Å². The first kappa shape index (κ1) is 13.9. The Morgan fingerprint density at radius 2 is 1.86 bits per heavy atom. The number of fused-ring (bicyclic) bond motifs is 1. The molecule has 0 fully saturated rings. The molecule has 0 saturated heterocycles. The van der Waals surface area contributed by atoms with Crippen LogP contribution in [0, 0.1) is 6.92 Å². The highest BCUT2D eigenvalue weighted by atomic mass is 79.9. The highest BCUT2D eigenvalue weighted by molar-refractivity contribution is 9.10. The van der Waals surface area contributed by atoms with E-state index in [1.165, 1.54) is 6.07 Å². The van der Waals surface area contributed by atoms with Crippen molar-refractivity contribution in [2.24, 2.45) is 0 Å². The van der Waals surface area contributed by atoms with Crippen LogP contribution in [-0.4, -0.2) is 5.11 Å². The zero-order chi connectivity index (χ0) is 15.0. The topological polar surface area (TPSA) is 50.4 Å². The van der Waals surface area contributed by atoms with Crippen LogP contribution >= 0.6 is 15.9 Å². The summed E-state index contributed by atoms with van der Waals surface area (Å²) in [5.74, 6) is 0.0886. The van der Waals surface area contributed by atoms with E-state index < -0.39 is 0 Å². The molecule has 0 aliphatic carbocycles. The van der Waals surface area contributed by atoms with Crippen LogP contribution in [0.5, 0.6) is 5.75 Å². The highest BCUT2D eigenvalue weighted by Gasteiger charge is 2.12. The average molecular weight is 345 g/mol. The molecule has 1 heterocycles. The molecule has 3 nitrogen and oxygen atoms in total. The van der Waals surface area contributed by atoms with Gasteiger partial charge in [0.15, 0.2) is 0 Å². The summed E-state index contributed by atoms with van der Waals surface area (Å²) in [6.07, 6.45) is 0.526. The van der Waals surface area contributed by atoms with E-state index in [0.29, 0.717) is 17.6 Å². The number of benzene rings is 2. The van der Waals surface area contributed by atoms with Gasteiger partial charge in [-0.05, 0) is 42.3 Å². The zero-order valence-electron chi connectivity index (χ0n) is 11.4. The predicted molar refractivity (Wildman–Crippen MR) is 85.8 cm³/mol. The molecule has 0 atom stereocenters. The van der Waals surface area contributed by atoms with Crippen LogP contribution < -0.4 is 5.63 Å². The second-order valence-electron chi connectivity index (χ2n) is 4.98. The fourth-order valence-corrected chi connectivity index (χ4v) is 2.66. The molecule has 106 valence electrons. The van der Waals surface area contributed by atoms with Crippen molar-refractivity contribution >= 4 is 26.9 Å². The average Bonchev–Trinajstić information content (AvgIpc) is 2.45. The number of hydrogen-bond donors (Lipinski definition) is 1. The minimum atomic E-state index is -0.353. The Bertz CT molecular complexity index is 864. The molecular weight excluding hydrogens is 332 g/mol. The molecular formula is C17H13BrO3. The molecule has 2 aromatic carbocycles. The van der Waals surface area contributed by atoms with Gasteiger partial charge in [-0.2, -0.15) is 0 Å². The summed E-state index contributed by atoms with van der Waals surface area (Å²) < 4.78 is 6.33. The molecule has 0 radical (unpaired) electrons. The summed E-state index contributed by atoms with van der Waals surface area (Å²) in [5.41, 5.74) is 2.65. The van der Waals surface area contributed by atoms with Crippen LogP contribution in [0.15, 0.2) is 56.1 Å². The van der Waals surface area contributed by atoms with Gasteiger partial charge in [0.2, 0.25) is 0 Å². The number of halogens is 1. The molecule has 1 aromatic heterocycles. The van der Waals surface area contributed by atoms with E-state index in [4.69, 9.17) is 4.42 Å². The van der Waals surface area contributed by atoms with Gasteiger partial charge in [-0.3, -0.25) is 0 Å². The third kappa shape index (κ3) is 2.72. The Balaban J connectivity index is 2.12. The Morgan fingerprint density at radius 1 is 1.14 bits per heavy atom. The lowest BCUT2D eigenvalue weighted by Crippen LogP contribution is -2.10. The van der Waals surface area contributed by atoms with E-state index in [1.54, 1.807) is 12.1 Å². The largest absolute Gasteiger partial charge is 0.508 e. The molecule has 3 aromatic rings. The van der Waals surface area contributed by atoms with Gasteiger partial charge in [0.05, 0.1) is 0 Å². The fourth-order valence-electron chi connectivity index (χ4n) is 2.39. The van der Waals surface area contributed by atoms with E-state index in [1.807, 2.05) is 31.2 Å². The van der Waals surface area contributed by atoms with Crippen molar-refractivity contribution < 1.29 is 9.52 Å². The van der Waals surface area contributed by atoms with Gasteiger partial charge >= 0.3 is 5.63 Å². The molecule has 1 N–H and O–H groups in total. The Kier molecular flexibility index (Phi) is 3.55. The van der Waals surface area contributed by atoms with Crippen molar-refractivity contribution in [2.45, 2.75) is 13.3 Å². The first-order chi connectivity index (χ1) is 10.0. The monoisotopic (exact) mass is 344 g/mol. The predicted octanol–water partition coefficient (Wildman–Crippen LogP) is 4.16. The summed E-state index contributed by atoms with van der Waals surface area (Å²) in [6.45, 7) is 1.91. The maximum Gasteiger partial charge on any atom is 0.340 e. The second kappa shape index (κ2) is 5.37. The van der Waals surface area contributed by atoms with Gasteiger partial charge in [-0.25, -0.2) is 4.79 Å². The molecule has 0 amide bonds. The fraction of sp³-hybridized carbons (Fsp3) is 0.118. The van der Waals surface area contributed by atoms with Gasteiger partial charge in [-0.15, -0.1) is 0 Å². The molecule has 0 saturated carbocycles. The van der Waals surface area contributed by atoms with Crippen molar-refractivity contribution in [3.05, 3.63) is 74.0 Å². The van der Waals surface area contributed by atoms with Crippen molar-refractivity contribution in [2.75, 3.05) is 0 Å². The summed E-state index contributed by atoms with van der Waals surface area (Å²) >= 11 is 3.40. The van der Waals surface area contributed by atoms with E-state index >= 15 is 0 Å². The van der Waals surface area contributed by atoms with E-state index in [0.717, 1.165) is 21.0 Å². The third-order valence-corrected chi connectivity index (χ3v) is 4.09. The molecule has 0 bridgehead atoms. The lowest BCUT2D eigenvalue weighted by molar-refractivity contribution is 0.472. The van der Waals surface area contributed by atoms with E-state index in [9.17, 15) is 9.90 Å².